The van der Waals surface area contributed by atoms with E-state index in [9.17, 15) is 0 Å². The third kappa shape index (κ3) is 2.01. The minimum absolute atomic E-state index is 0.300. The van der Waals surface area contributed by atoms with E-state index in [1.165, 1.54) is 44.2 Å². The quantitative estimate of drug-likeness (QED) is 0.851. The Balaban J connectivity index is 1.87. The summed E-state index contributed by atoms with van der Waals surface area (Å²) >= 11 is 0. The van der Waals surface area contributed by atoms with Gasteiger partial charge in [-0.1, -0.05) is 26.2 Å². The molecule has 0 bridgehead atoms. The molecule has 0 aromatic carbocycles. The van der Waals surface area contributed by atoms with Gasteiger partial charge in [-0.15, -0.1) is 0 Å². The summed E-state index contributed by atoms with van der Waals surface area (Å²) in [6.07, 6.45) is 12.3. The second-order valence-electron chi connectivity index (χ2n) is 5.97. The molecule has 94 valence electrons. The predicted octanol–water partition coefficient (Wildman–Crippen LogP) is 2.64. The molecule has 2 heterocycles. The van der Waals surface area contributed by atoms with E-state index in [4.69, 9.17) is 0 Å². The minimum Gasteiger partial charge on any atom is -0.331 e. The fourth-order valence-electron chi connectivity index (χ4n) is 3.46. The van der Waals surface area contributed by atoms with Crippen LogP contribution >= 0.6 is 0 Å². The van der Waals surface area contributed by atoms with Crippen LogP contribution in [-0.2, 0) is 5.41 Å². The maximum atomic E-state index is 4.42. The smallest absolute Gasteiger partial charge is 0.0950 e. The molecule has 1 aliphatic heterocycles. The second kappa shape index (κ2) is 4.45. The number of nitrogens with zero attached hydrogens (tertiary/aromatic N) is 2. The normalized spacial score (nSPS) is 30.9. The minimum atomic E-state index is 0.300. The van der Waals surface area contributed by atoms with Crippen molar-refractivity contribution in [3.63, 3.8) is 0 Å². The lowest BCUT2D eigenvalue weighted by Crippen LogP contribution is -2.29. The van der Waals surface area contributed by atoms with Crippen LogP contribution in [0.5, 0.6) is 0 Å². The fraction of sp³-hybridized carbons (Fsp3) is 0.786. The molecular formula is C14H23N3. The summed E-state index contributed by atoms with van der Waals surface area (Å²) in [6, 6.07) is 0.707. The fourth-order valence-corrected chi connectivity index (χ4v) is 3.46. The van der Waals surface area contributed by atoms with Gasteiger partial charge in [-0.2, -0.15) is 0 Å². The Morgan fingerprint density at radius 3 is 2.88 bits per heavy atom. The zero-order valence-electron chi connectivity index (χ0n) is 10.8. The highest BCUT2D eigenvalue weighted by atomic mass is 15.1. The van der Waals surface area contributed by atoms with Crippen molar-refractivity contribution in [1.29, 1.82) is 0 Å². The maximum absolute atomic E-state index is 4.42. The first kappa shape index (κ1) is 11.3. The highest BCUT2D eigenvalue weighted by Crippen LogP contribution is 2.35. The van der Waals surface area contributed by atoms with Gasteiger partial charge in [0.2, 0.25) is 0 Å². The largest absolute Gasteiger partial charge is 0.331 e. The third-order valence-electron chi connectivity index (χ3n) is 4.62. The molecule has 0 amide bonds. The molecule has 0 radical (unpaired) electrons. The summed E-state index contributed by atoms with van der Waals surface area (Å²) in [5.41, 5.74) is 1.75. The third-order valence-corrected chi connectivity index (χ3v) is 4.62. The first-order chi connectivity index (χ1) is 8.30. The molecule has 1 aliphatic carbocycles. The van der Waals surface area contributed by atoms with Gasteiger partial charge in [0, 0.05) is 29.9 Å². The number of hydrogen-bond acceptors (Lipinski definition) is 2. The van der Waals surface area contributed by atoms with E-state index in [1.54, 1.807) is 0 Å². The van der Waals surface area contributed by atoms with E-state index in [1.807, 2.05) is 0 Å². The molecule has 1 saturated carbocycles. The lowest BCUT2D eigenvalue weighted by Gasteiger charge is -2.30. The van der Waals surface area contributed by atoms with Crippen LogP contribution in [-0.4, -0.2) is 22.6 Å². The molecule has 0 spiro atoms. The van der Waals surface area contributed by atoms with Crippen molar-refractivity contribution in [2.75, 3.05) is 13.1 Å². The molecule has 1 atom stereocenters. The van der Waals surface area contributed by atoms with Crippen molar-refractivity contribution in [1.82, 2.24) is 14.9 Å². The van der Waals surface area contributed by atoms with Crippen LogP contribution in [0.1, 0.15) is 57.2 Å². The molecular weight excluding hydrogens is 210 g/mol. The molecule has 1 aromatic rings. The number of hydrogen-bond donors (Lipinski definition) is 1. The summed E-state index contributed by atoms with van der Waals surface area (Å²) in [6.45, 7) is 4.63. The van der Waals surface area contributed by atoms with Crippen molar-refractivity contribution in [3.8, 4) is 0 Å². The van der Waals surface area contributed by atoms with Gasteiger partial charge >= 0.3 is 0 Å². The van der Waals surface area contributed by atoms with E-state index in [2.05, 4.69) is 34.3 Å². The summed E-state index contributed by atoms with van der Waals surface area (Å²) in [5.74, 6) is 0. The van der Waals surface area contributed by atoms with Gasteiger partial charge in [0.25, 0.3) is 0 Å². The van der Waals surface area contributed by atoms with Gasteiger partial charge in [0.05, 0.1) is 6.33 Å². The Morgan fingerprint density at radius 2 is 2.18 bits per heavy atom. The molecule has 3 rings (SSSR count). The molecule has 17 heavy (non-hydrogen) atoms. The van der Waals surface area contributed by atoms with E-state index >= 15 is 0 Å². The van der Waals surface area contributed by atoms with E-state index in [0.29, 0.717) is 11.5 Å². The monoisotopic (exact) mass is 233 g/mol. The molecule has 1 N–H and O–H groups in total. The molecule has 3 heteroatoms. The topological polar surface area (TPSA) is 29.9 Å². The average molecular weight is 233 g/mol. The Kier molecular flexibility index (Phi) is 2.95. The van der Waals surface area contributed by atoms with Crippen LogP contribution < -0.4 is 5.32 Å². The average Bonchev–Trinajstić information content (AvgIpc) is 2.99. The molecule has 3 nitrogen and oxygen atoms in total. The first-order valence-corrected chi connectivity index (χ1v) is 7.03. The predicted molar refractivity (Wildman–Crippen MR) is 69.2 cm³/mol. The second-order valence-corrected chi connectivity index (χ2v) is 5.97. The number of imidazole rings is 1. The number of nitrogens with one attached hydrogen (secondary N) is 1. The van der Waals surface area contributed by atoms with Crippen LogP contribution in [0.2, 0.25) is 0 Å². The highest BCUT2D eigenvalue weighted by molar-refractivity contribution is 5.18. The van der Waals surface area contributed by atoms with Crippen LogP contribution in [0.25, 0.3) is 0 Å². The van der Waals surface area contributed by atoms with Gasteiger partial charge in [0.15, 0.2) is 0 Å². The number of aromatic nitrogens is 2. The van der Waals surface area contributed by atoms with Crippen molar-refractivity contribution >= 4 is 0 Å². The van der Waals surface area contributed by atoms with Crippen molar-refractivity contribution in [3.05, 3.63) is 18.2 Å². The lowest BCUT2D eigenvalue weighted by molar-refractivity contribution is 0.329. The molecule has 2 aliphatic rings. The van der Waals surface area contributed by atoms with Gasteiger partial charge < -0.3 is 9.88 Å². The molecule has 1 unspecified atom stereocenters. The molecule has 2 fully saturated rings. The van der Waals surface area contributed by atoms with Crippen LogP contribution in [0.4, 0.5) is 0 Å². The first-order valence-electron chi connectivity index (χ1n) is 7.03. The van der Waals surface area contributed by atoms with Gasteiger partial charge in [-0.3, -0.25) is 0 Å². The standard InChI is InChI=1S/C14H23N3/c1-14(7-8-15-10-14)13-9-16-11-17(13)12-5-3-2-4-6-12/h9,11-12,15H,2-8,10H2,1H3. The summed E-state index contributed by atoms with van der Waals surface area (Å²) in [4.78, 5) is 4.42. The Bertz CT molecular complexity index is 371. The Labute approximate surface area is 104 Å². The molecule has 1 aromatic heterocycles. The highest BCUT2D eigenvalue weighted by Gasteiger charge is 2.34. The summed E-state index contributed by atoms with van der Waals surface area (Å²) < 4.78 is 2.48. The van der Waals surface area contributed by atoms with Crippen molar-refractivity contribution in [2.24, 2.45) is 0 Å². The zero-order valence-corrected chi connectivity index (χ0v) is 10.8. The summed E-state index contributed by atoms with van der Waals surface area (Å²) in [5, 5.41) is 3.49. The molecule has 1 saturated heterocycles. The zero-order chi connectivity index (χ0) is 11.7. The summed E-state index contributed by atoms with van der Waals surface area (Å²) in [7, 11) is 0. The van der Waals surface area contributed by atoms with Crippen molar-refractivity contribution < 1.29 is 0 Å². The van der Waals surface area contributed by atoms with Gasteiger partial charge in [-0.25, -0.2) is 4.98 Å². The number of rotatable bonds is 2. The van der Waals surface area contributed by atoms with Crippen molar-refractivity contribution in [2.45, 2.75) is 56.9 Å². The van der Waals surface area contributed by atoms with E-state index in [0.717, 1.165) is 13.1 Å². The van der Waals surface area contributed by atoms with E-state index in [-0.39, 0.29) is 0 Å². The van der Waals surface area contributed by atoms with Crippen LogP contribution in [0.3, 0.4) is 0 Å². The van der Waals surface area contributed by atoms with E-state index < -0.39 is 0 Å². The Hall–Kier alpha value is -0.830. The van der Waals surface area contributed by atoms with Crippen LogP contribution in [0, 0.1) is 0 Å². The lowest BCUT2D eigenvalue weighted by atomic mass is 9.85. The Morgan fingerprint density at radius 1 is 1.35 bits per heavy atom. The van der Waals surface area contributed by atoms with Crippen LogP contribution in [0.15, 0.2) is 12.5 Å². The van der Waals surface area contributed by atoms with Gasteiger partial charge in [-0.05, 0) is 25.8 Å². The SMILES string of the molecule is CC1(c2cncn2C2CCCCC2)CCNC1. The maximum Gasteiger partial charge on any atom is 0.0950 e. The van der Waals surface area contributed by atoms with Gasteiger partial charge in [0.1, 0.15) is 0 Å².